The number of Topliss-reactive ketones (excluding diaryl/α,β-unsaturated/α-hetero) is 1. The van der Waals surface area contributed by atoms with Gasteiger partial charge in [-0.3, -0.25) is 4.79 Å². The highest BCUT2D eigenvalue weighted by atomic mass is 79.9. The lowest BCUT2D eigenvalue weighted by molar-refractivity contribution is 0.0957. The summed E-state index contributed by atoms with van der Waals surface area (Å²) in [6.45, 7) is 2.49. The van der Waals surface area contributed by atoms with Crippen LogP contribution in [0.15, 0.2) is 53.0 Å². The third-order valence-electron chi connectivity index (χ3n) is 3.49. The molecule has 0 aliphatic rings. The van der Waals surface area contributed by atoms with Gasteiger partial charge in [-0.15, -0.1) is 11.6 Å². The zero-order valence-electron chi connectivity index (χ0n) is 12.4. The topological polar surface area (TPSA) is 26.3 Å². The van der Waals surface area contributed by atoms with Gasteiger partial charge in [0.25, 0.3) is 0 Å². The van der Waals surface area contributed by atoms with Crippen molar-refractivity contribution < 1.29 is 9.53 Å². The molecular formula is C18H18BrClO2. The third-order valence-corrected chi connectivity index (χ3v) is 4.37. The molecule has 0 aliphatic heterocycles. The van der Waals surface area contributed by atoms with Crippen molar-refractivity contribution in [2.45, 2.75) is 19.3 Å². The molecule has 2 rings (SSSR count). The number of rotatable bonds is 7. The Morgan fingerprint density at radius 2 is 1.86 bits per heavy atom. The van der Waals surface area contributed by atoms with Gasteiger partial charge in [0.05, 0.1) is 5.88 Å². The number of carbonyl (C=O) groups is 1. The molecule has 4 heteroatoms. The Morgan fingerprint density at radius 3 is 2.45 bits per heavy atom. The highest BCUT2D eigenvalue weighted by molar-refractivity contribution is 9.10. The SMILES string of the molecule is CCC(C(=O)c1ccc(OCCCl)cc1)c1ccccc1Br. The molecule has 0 saturated heterocycles. The van der Waals surface area contributed by atoms with Crippen molar-refractivity contribution in [3.05, 3.63) is 64.1 Å². The van der Waals surface area contributed by atoms with E-state index in [0.29, 0.717) is 18.1 Å². The van der Waals surface area contributed by atoms with Crippen LogP contribution in [-0.2, 0) is 0 Å². The Hall–Kier alpha value is -1.32. The Labute approximate surface area is 144 Å². The number of ether oxygens (including phenoxy) is 1. The second-order valence-electron chi connectivity index (χ2n) is 4.91. The van der Waals surface area contributed by atoms with Crippen molar-refractivity contribution in [3.8, 4) is 5.75 Å². The van der Waals surface area contributed by atoms with E-state index in [2.05, 4.69) is 15.9 Å². The van der Waals surface area contributed by atoms with Crippen LogP contribution in [0, 0.1) is 0 Å². The largest absolute Gasteiger partial charge is 0.492 e. The summed E-state index contributed by atoms with van der Waals surface area (Å²) < 4.78 is 6.40. The molecule has 0 heterocycles. The molecule has 0 bridgehead atoms. The average molecular weight is 382 g/mol. The van der Waals surface area contributed by atoms with E-state index in [9.17, 15) is 4.79 Å². The van der Waals surface area contributed by atoms with Crippen LogP contribution in [0.5, 0.6) is 5.75 Å². The van der Waals surface area contributed by atoms with Gasteiger partial charge in [-0.05, 0) is 42.3 Å². The van der Waals surface area contributed by atoms with E-state index in [4.69, 9.17) is 16.3 Å². The number of ketones is 1. The Balaban J connectivity index is 2.20. The number of carbonyl (C=O) groups excluding carboxylic acids is 1. The predicted molar refractivity (Wildman–Crippen MR) is 94.2 cm³/mol. The Bertz CT molecular complexity index is 625. The summed E-state index contributed by atoms with van der Waals surface area (Å²) >= 11 is 9.13. The summed E-state index contributed by atoms with van der Waals surface area (Å²) in [5.74, 6) is 1.15. The first-order valence-corrected chi connectivity index (χ1v) is 8.57. The first-order chi connectivity index (χ1) is 10.7. The van der Waals surface area contributed by atoms with Crippen molar-refractivity contribution in [2.24, 2.45) is 0 Å². The second kappa shape index (κ2) is 8.35. The molecule has 116 valence electrons. The maximum absolute atomic E-state index is 12.8. The average Bonchev–Trinajstić information content (AvgIpc) is 2.55. The molecule has 0 radical (unpaired) electrons. The van der Waals surface area contributed by atoms with Crippen molar-refractivity contribution in [2.75, 3.05) is 12.5 Å². The van der Waals surface area contributed by atoms with Crippen LogP contribution in [-0.4, -0.2) is 18.3 Å². The van der Waals surface area contributed by atoms with Gasteiger partial charge in [-0.2, -0.15) is 0 Å². The van der Waals surface area contributed by atoms with E-state index in [-0.39, 0.29) is 11.7 Å². The zero-order valence-corrected chi connectivity index (χ0v) is 14.7. The van der Waals surface area contributed by atoms with Crippen molar-refractivity contribution >= 4 is 33.3 Å². The minimum absolute atomic E-state index is 0.123. The highest BCUT2D eigenvalue weighted by Crippen LogP contribution is 2.30. The molecule has 1 unspecified atom stereocenters. The first kappa shape index (κ1) is 17.0. The van der Waals surface area contributed by atoms with Gasteiger partial charge in [0.15, 0.2) is 5.78 Å². The molecule has 2 aromatic rings. The maximum Gasteiger partial charge on any atom is 0.170 e. The van der Waals surface area contributed by atoms with Crippen molar-refractivity contribution in [1.82, 2.24) is 0 Å². The van der Waals surface area contributed by atoms with E-state index in [0.717, 1.165) is 22.2 Å². The smallest absolute Gasteiger partial charge is 0.170 e. The van der Waals surface area contributed by atoms with Crippen LogP contribution in [0.25, 0.3) is 0 Å². The number of benzene rings is 2. The van der Waals surface area contributed by atoms with Crippen LogP contribution in [0.1, 0.15) is 35.2 Å². The molecular weight excluding hydrogens is 364 g/mol. The summed E-state index contributed by atoms with van der Waals surface area (Å²) in [5.41, 5.74) is 1.72. The summed E-state index contributed by atoms with van der Waals surface area (Å²) in [7, 11) is 0. The Morgan fingerprint density at radius 1 is 1.18 bits per heavy atom. The van der Waals surface area contributed by atoms with Gasteiger partial charge in [0.1, 0.15) is 12.4 Å². The molecule has 0 amide bonds. The molecule has 0 spiro atoms. The molecule has 0 N–H and O–H groups in total. The number of alkyl halides is 1. The minimum Gasteiger partial charge on any atom is -0.492 e. The number of hydrogen-bond acceptors (Lipinski definition) is 2. The lowest BCUT2D eigenvalue weighted by Crippen LogP contribution is -2.13. The van der Waals surface area contributed by atoms with Crippen LogP contribution < -0.4 is 4.74 Å². The van der Waals surface area contributed by atoms with Gasteiger partial charge in [-0.1, -0.05) is 41.1 Å². The maximum atomic E-state index is 12.8. The van der Waals surface area contributed by atoms with Gasteiger partial charge in [0.2, 0.25) is 0 Å². The summed E-state index contributed by atoms with van der Waals surface area (Å²) in [6, 6.07) is 15.1. The number of halogens is 2. The molecule has 0 aromatic heterocycles. The van der Waals surface area contributed by atoms with Gasteiger partial charge in [0, 0.05) is 16.0 Å². The molecule has 2 nitrogen and oxygen atoms in total. The van der Waals surface area contributed by atoms with E-state index in [1.807, 2.05) is 55.5 Å². The summed E-state index contributed by atoms with van der Waals surface area (Å²) in [5, 5.41) is 0. The lowest BCUT2D eigenvalue weighted by atomic mass is 9.88. The molecule has 22 heavy (non-hydrogen) atoms. The van der Waals surface area contributed by atoms with E-state index >= 15 is 0 Å². The van der Waals surface area contributed by atoms with Crippen LogP contribution in [0.3, 0.4) is 0 Å². The molecule has 0 saturated carbocycles. The lowest BCUT2D eigenvalue weighted by Gasteiger charge is -2.16. The summed E-state index contributed by atoms with van der Waals surface area (Å²) in [4.78, 5) is 12.8. The van der Waals surface area contributed by atoms with E-state index in [1.54, 1.807) is 0 Å². The van der Waals surface area contributed by atoms with Gasteiger partial charge < -0.3 is 4.74 Å². The van der Waals surface area contributed by atoms with E-state index < -0.39 is 0 Å². The van der Waals surface area contributed by atoms with Crippen LogP contribution in [0.2, 0.25) is 0 Å². The quantitative estimate of drug-likeness (QED) is 0.471. The Kier molecular flexibility index (Phi) is 6.47. The monoisotopic (exact) mass is 380 g/mol. The molecule has 0 fully saturated rings. The fraction of sp³-hybridized carbons (Fsp3) is 0.278. The molecule has 2 aromatic carbocycles. The first-order valence-electron chi connectivity index (χ1n) is 7.24. The van der Waals surface area contributed by atoms with Crippen molar-refractivity contribution in [1.29, 1.82) is 0 Å². The standard InChI is InChI=1S/C18H18BrClO2/c1-2-15(16-5-3-4-6-17(16)19)18(21)13-7-9-14(10-8-13)22-12-11-20/h3-10,15H,2,11-12H2,1H3. The third kappa shape index (κ3) is 4.11. The van der Waals surface area contributed by atoms with Crippen molar-refractivity contribution in [3.63, 3.8) is 0 Å². The second-order valence-corrected chi connectivity index (χ2v) is 6.14. The van der Waals surface area contributed by atoms with E-state index in [1.165, 1.54) is 0 Å². The minimum atomic E-state index is -0.148. The van der Waals surface area contributed by atoms with Crippen LogP contribution in [0.4, 0.5) is 0 Å². The highest BCUT2D eigenvalue weighted by Gasteiger charge is 2.22. The predicted octanol–water partition coefficient (Wildman–Crippen LogP) is 5.44. The zero-order chi connectivity index (χ0) is 15.9. The van der Waals surface area contributed by atoms with Crippen LogP contribution >= 0.6 is 27.5 Å². The fourth-order valence-corrected chi connectivity index (χ4v) is 3.02. The normalized spacial score (nSPS) is 12.0. The molecule has 0 aliphatic carbocycles. The van der Waals surface area contributed by atoms with Gasteiger partial charge >= 0.3 is 0 Å². The number of hydrogen-bond donors (Lipinski definition) is 0. The summed E-state index contributed by atoms with van der Waals surface area (Å²) in [6.07, 6.45) is 0.756. The fourth-order valence-electron chi connectivity index (χ4n) is 2.38. The van der Waals surface area contributed by atoms with Gasteiger partial charge in [-0.25, -0.2) is 0 Å². The molecule has 1 atom stereocenters.